The first-order valence-electron chi connectivity index (χ1n) is 10.6. The van der Waals surface area contributed by atoms with Crippen LogP contribution in [0.2, 0.25) is 25.7 Å². The van der Waals surface area contributed by atoms with Crippen LogP contribution in [-0.4, -0.2) is 40.8 Å². The minimum Gasteiger partial charge on any atom is -0.381 e. The normalized spacial score (nSPS) is 13.1. The van der Waals surface area contributed by atoms with Gasteiger partial charge in [0.2, 0.25) is 6.79 Å². The number of hydrogen-bond donors (Lipinski definition) is 0. The zero-order chi connectivity index (χ0) is 26.5. The molecule has 15 heteroatoms. The second kappa shape index (κ2) is 9.19. The smallest absolute Gasteiger partial charge is 0.381 e. The lowest BCUT2D eigenvalue weighted by Crippen LogP contribution is -2.26. The lowest BCUT2D eigenvalue weighted by molar-refractivity contribution is -0.144. The van der Waals surface area contributed by atoms with E-state index in [0.29, 0.717) is 28.5 Å². The van der Waals surface area contributed by atoms with Gasteiger partial charge in [0, 0.05) is 26.4 Å². The molecule has 0 aliphatic carbocycles. The Morgan fingerprint density at radius 1 is 1.06 bits per heavy atom. The number of thiazole rings is 1. The maximum absolute atomic E-state index is 13.8. The molecule has 0 spiro atoms. The number of fused-ring (bicyclic) bond motifs is 2. The molecule has 0 atom stereocenters. The summed E-state index contributed by atoms with van der Waals surface area (Å²) >= 11 is 0.713. The van der Waals surface area contributed by atoms with Gasteiger partial charge < -0.3 is 9.57 Å². The molecular weight excluding hydrogens is 530 g/mol. The van der Waals surface area contributed by atoms with Gasteiger partial charge in [-0.25, -0.2) is 9.50 Å². The number of rotatable bonds is 7. The topological polar surface area (TPSA) is 70.7 Å². The summed E-state index contributed by atoms with van der Waals surface area (Å²) in [5.41, 5.74) is -2.19. The molecule has 0 saturated carbocycles. The van der Waals surface area contributed by atoms with E-state index in [4.69, 9.17) is 9.57 Å². The van der Waals surface area contributed by atoms with E-state index < -0.39 is 47.9 Å². The molecule has 194 valence electrons. The first-order chi connectivity index (χ1) is 16.6. The predicted octanol–water partition coefficient (Wildman–Crippen LogP) is 5.55. The average molecular weight is 551 g/mol. The molecular formula is C21H20F6N4O3SSi. The second-order valence-electron chi connectivity index (χ2n) is 9.11. The molecule has 7 nitrogen and oxygen atoms in total. The number of ether oxygens (including phenoxy) is 1. The van der Waals surface area contributed by atoms with Crippen molar-refractivity contribution in [3.8, 4) is 11.1 Å². The standard InChI is InChI=1S/C21H20F6N4O3SSi/c1-36(2,3)9-8-33-11-34-31-14-5-4-12(10-15(14)35-19(31)32)16-13(20(22,23)24)6-7-30-17(16)28-18(29-30)21(25,26)27/h4-7,10H,8-9,11H2,1-3H3. The van der Waals surface area contributed by atoms with E-state index in [9.17, 15) is 31.1 Å². The summed E-state index contributed by atoms with van der Waals surface area (Å²) in [7, 11) is -1.31. The van der Waals surface area contributed by atoms with E-state index in [2.05, 4.69) is 29.7 Å². The van der Waals surface area contributed by atoms with Crippen molar-refractivity contribution in [2.75, 3.05) is 13.4 Å². The molecule has 4 rings (SSSR count). The second-order valence-corrected chi connectivity index (χ2v) is 15.7. The van der Waals surface area contributed by atoms with Crippen LogP contribution in [0.25, 0.3) is 27.0 Å². The van der Waals surface area contributed by atoms with Crippen LogP contribution in [0.4, 0.5) is 26.3 Å². The third kappa shape index (κ3) is 5.42. The minimum atomic E-state index is -4.95. The van der Waals surface area contributed by atoms with Gasteiger partial charge in [-0.2, -0.15) is 26.3 Å². The van der Waals surface area contributed by atoms with Gasteiger partial charge in [0.05, 0.1) is 10.3 Å². The SMILES string of the molecule is C[Si](C)(C)CCOCOn1c(=O)sc2cc(-c3c(C(F)(F)F)ccn4nc(C(F)(F)F)nc34)ccc21. The van der Waals surface area contributed by atoms with Crippen LogP contribution in [0.5, 0.6) is 0 Å². The Morgan fingerprint density at radius 2 is 1.78 bits per heavy atom. The molecule has 4 aromatic rings. The molecule has 3 aromatic heterocycles. The number of pyridine rings is 1. The highest BCUT2D eigenvalue weighted by atomic mass is 32.1. The number of alkyl halides is 6. The molecule has 0 N–H and O–H groups in total. The highest BCUT2D eigenvalue weighted by molar-refractivity contribution is 7.16. The average Bonchev–Trinajstić information content (AvgIpc) is 3.31. The van der Waals surface area contributed by atoms with Gasteiger partial charge >= 0.3 is 17.2 Å². The van der Waals surface area contributed by atoms with Gasteiger partial charge in [-0.05, 0) is 29.8 Å². The number of halogens is 6. The predicted molar refractivity (Wildman–Crippen MR) is 124 cm³/mol. The number of benzene rings is 1. The first kappa shape index (κ1) is 26.2. The Labute approximate surface area is 204 Å². The summed E-state index contributed by atoms with van der Waals surface area (Å²) in [5.74, 6) is -1.57. The zero-order valence-electron chi connectivity index (χ0n) is 19.2. The van der Waals surface area contributed by atoms with Crippen LogP contribution in [0.3, 0.4) is 0 Å². The molecule has 0 bridgehead atoms. The van der Waals surface area contributed by atoms with E-state index >= 15 is 0 Å². The number of aromatic nitrogens is 4. The Bertz CT molecular complexity index is 1470. The minimum absolute atomic E-state index is 0.0821. The molecule has 0 saturated heterocycles. The van der Waals surface area contributed by atoms with E-state index in [1.54, 1.807) is 0 Å². The van der Waals surface area contributed by atoms with Crippen molar-refractivity contribution in [3.05, 3.63) is 51.5 Å². The molecule has 0 aliphatic heterocycles. The van der Waals surface area contributed by atoms with Crippen LogP contribution in [0.15, 0.2) is 35.3 Å². The van der Waals surface area contributed by atoms with Crippen LogP contribution in [0.1, 0.15) is 11.4 Å². The van der Waals surface area contributed by atoms with Crippen molar-refractivity contribution in [2.24, 2.45) is 0 Å². The quantitative estimate of drug-likeness (QED) is 0.131. The fourth-order valence-corrected chi connectivity index (χ4v) is 5.01. The third-order valence-corrected chi connectivity index (χ3v) is 7.75. The van der Waals surface area contributed by atoms with E-state index in [1.807, 2.05) is 0 Å². The fraction of sp³-hybridized carbons (Fsp3) is 0.381. The zero-order valence-corrected chi connectivity index (χ0v) is 21.0. The summed E-state index contributed by atoms with van der Waals surface area (Å²) in [5, 5.41) is 3.27. The molecule has 0 fully saturated rings. The Balaban J connectivity index is 1.74. The van der Waals surface area contributed by atoms with Gasteiger partial charge in [-0.3, -0.25) is 4.79 Å². The van der Waals surface area contributed by atoms with Gasteiger partial charge in [0.15, 0.2) is 5.65 Å². The van der Waals surface area contributed by atoms with E-state index in [0.717, 1.165) is 17.0 Å². The van der Waals surface area contributed by atoms with Gasteiger partial charge in [0.1, 0.15) is 5.52 Å². The molecule has 36 heavy (non-hydrogen) atoms. The maximum Gasteiger partial charge on any atom is 0.453 e. The van der Waals surface area contributed by atoms with Gasteiger partial charge in [0.25, 0.3) is 5.82 Å². The summed E-state index contributed by atoms with van der Waals surface area (Å²) in [6.07, 6.45) is -9.06. The monoisotopic (exact) mass is 550 g/mol. The van der Waals surface area contributed by atoms with Crippen molar-refractivity contribution < 1.29 is 35.9 Å². The van der Waals surface area contributed by atoms with Gasteiger partial charge in [-0.1, -0.05) is 37.0 Å². The van der Waals surface area contributed by atoms with Crippen LogP contribution in [-0.2, 0) is 17.1 Å². The van der Waals surface area contributed by atoms with Crippen molar-refractivity contribution in [3.63, 3.8) is 0 Å². The van der Waals surface area contributed by atoms with Crippen molar-refractivity contribution in [1.29, 1.82) is 0 Å². The fourth-order valence-electron chi connectivity index (χ4n) is 3.39. The Kier molecular flexibility index (Phi) is 6.68. The van der Waals surface area contributed by atoms with Crippen LogP contribution >= 0.6 is 11.3 Å². The summed E-state index contributed by atoms with van der Waals surface area (Å²) in [6, 6.07) is 5.42. The number of hydrogen-bond acceptors (Lipinski definition) is 6. The van der Waals surface area contributed by atoms with E-state index in [-0.39, 0.29) is 22.6 Å². The molecule has 0 amide bonds. The van der Waals surface area contributed by atoms with Crippen LogP contribution < -0.4 is 9.71 Å². The molecule has 0 unspecified atom stereocenters. The van der Waals surface area contributed by atoms with E-state index in [1.165, 1.54) is 18.2 Å². The summed E-state index contributed by atoms with van der Waals surface area (Å²) < 4.78 is 88.1. The maximum atomic E-state index is 13.8. The summed E-state index contributed by atoms with van der Waals surface area (Å²) in [4.78, 5) is 20.7. The van der Waals surface area contributed by atoms with Gasteiger partial charge in [-0.15, -0.1) is 9.83 Å². The highest BCUT2D eigenvalue weighted by Gasteiger charge is 2.39. The number of nitrogens with zero attached hydrogens (tertiary/aromatic N) is 4. The Hall–Kier alpha value is -2.91. The highest BCUT2D eigenvalue weighted by Crippen LogP contribution is 2.40. The molecule has 3 heterocycles. The summed E-state index contributed by atoms with van der Waals surface area (Å²) in [6.45, 7) is 6.80. The Morgan fingerprint density at radius 3 is 2.42 bits per heavy atom. The third-order valence-electron chi connectivity index (χ3n) is 5.16. The molecule has 0 aliphatic rings. The van der Waals surface area contributed by atoms with Crippen LogP contribution in [0, 0.1) is 0 Å². The largest absolute Gasteiger partial charge is 0.453 e. The van der Waals surface area contributed by atoms with Crippen molar-refractivity contribution in [2.45, 2.75) is 38.0 Å². The van der Waals surface area contributed by atoms with Crippen molar-refractivity contribution >= 4 is 35.3 Å². The lowest BCUT2D eigenvalue weighted by atomic mass is 10.0. The molecule has 1 aromatic carbocycles. The molecule has 0 radical (unpaired) electrons. The lowest BCUT2D eigenvalue weighted by Gasteiger charge is -2.15. The first-order valence-corrected chi connectivity index (χ1v) is 15.1. The van der Waals surface area contributed by atoms with Crippen molar-refractivity contribution in [1.82, 2.24) is 19.3 Å².